The Morgan fingerprint density at radius 3 is 2.75 bits per heavy atom. The third-order valence-electron chi connectivity index (χ3n) is 2.67. The third-order valence-corrected chi connectivity index (χ3v) is 2.67. The summed E-state index contributed by atoms with van der Waals surface area (Å²) in [6.07, 6.45) is 1.51. The Morgan fingerprint density at radius 2 is 2.06 bits per heavy atom. The largest absolute Gasteiger partial charge is 0.322 e. The normalized spacial score (nSPS) is 10.9. The predicted molar refractivity (Wildman–Crippen MR) is 64.6 cm³/mol. The van der Waals surface area contributed by atoms with E-state index in [9.17, 15) is 4.79 Å². The van der Waals surface area contributed by atoms with E-state index in [1.165, 1.54) is 0 Å². The van der Waals surface area contributed by atoms with Crippen LogP contribution < -0.4 is 0 Å². The first-order valence-electron chi connectivity index (χ1n) is 5.76. The number of nitrogens with zero attached hydrogens (tertiary/aromatic N) is 2. The fraction of sp³-hybridized carbons (Fsp3) is 0.385. The lowest BCUT2D eigenvalue weighted by atomic mass is 10.3. The molecule has 0 fully saturated rings. The van der Waals surface area contributed by atoms with Gasteiger partial charge in [-0.1, -0.05) is 26.0 Å². The van der Waals surface area contributed by atoms with Crippen molar-refractivity contribution in [2.45, 2.75) is 33.2 Å². The van der Waals surface area contributed by atoms with Gasteiger partial charge < -0.3 is 4.57 Å². The molecule has 0 spiro atoms. The minimum absolute atomic E-state index is 0.115. The molecule has 0 amide bonds. The third kappa shape index (κ3) is 1.73. The molecule has 3 nitrogen and oxygen atoms in total. The van der Waals surface area contributed by atoms with Crippen LogP contribution in [0.5, 0.6) is 0 Å². The average Bonchev–Trinajstić information content (AvgIpc) is 2.68. The number of para-hydroxylation sites is 2. The molecule has 2 aromatic rings. The second-order valence-corrected chi connectivity index (χ2v) is 3.85. The van der Waals surface area contributed by atoms with E-state index in [-0.39, 0.29) is 5.78 Å². The molecule has 1 aromatic carbocycles. The molecule has 3 heteroatoms. The van der Waals surface area contributed by atoms with Crippen molar-refractivity contribution in [3.05, 3.63) is 30.1 Å². The maximum absolute atomic E-state index is 11.8. The second kappa shape index (κ2) is 4.47. The highest BCUT2D eigenvalue weighted by Gasteiger charge is 2.14. The molecule has 0 bridgehead atoms. The van der Waals surface area contributed by atoms with Crippen molar-refractivity contribution in [3.8, 4) is 0 Å². The molecule has 0 N–H and O–H groups in total. The van der Waals surface area contributed by atoms with Crippen molar-refractivity contribution >= 4 is 16.8 Å². The molecule has 16 heavy (non-hydrogen) atoms. The van der Waals surface area contributed by atoms with Gasteiger partial charge in [-0.15, -0.1) is 0 Å². The molecular formula is C13H16N2O. The van der Waals surface area contributed by atoms with Gasteiger partial charge in [0, 0.05) is 13.0 Å². The van der Waals surface area contributed by atoms with E-state index in [1.807, 2.05) is 35.8 Å². The van der Waals surface area contributed by atoms with Crippen LogP contribution in [-0.2, 0) is 6.54 Å². The fourth-order valence-electron chi connectivity index (χ4n) is 1.90. The van der Waals surface area contributed by atoms with E-state index < -0.39 is 0 Å². The van der Waals surface area contributed by atoms with Crippen LogP contribution in [0.3, 0.4) is 0 Å². The summed E-state index contributed by atoms with van der Waals surface area (Å²) in [5, 5.41) is 0. The zero-order valence-electron chi connectivity index (χ0n) is 9.73. The number of ketones is 1. The predicted octanol–water partition coefficient (Wildman–Crippen LogP) is 3.04. The molecule has 84 valence electrons. The van der Waals surface area contributed by atoms with Crippen LogP contribution in [0.15, 0.2) is 24.3 Å². The summed E-state index contributed by atoms with van der Waals surface area (Å²) in [5.74, 6) is 0.718. The standard InChI is InChI=1S/C13H16N2O/c1-3-9-15-11-8-6-5-7-10(11)14-13(15)12(16)4-2/h5-8H,3-4,9H2,1-2H3. The lowest BCUT2D eigenvalue weighted by molar-refractivity contribution is 0.0974. The van der Waals surface area contributed by atoms with Gasteiger partial charge in [-0.25, -0.2) is 4.98 Å². The summed E-state index contributed by atoms with van der Waals surface area (Å²) in [6, 6.07) is 7.90. The van der Waals surface area contributed by atoms with Gasteiger partial charge in [0.05, 0.1) is 11.0 Å². The van der Waals surface area contributed by atoms with Crippen LogP contribution in [0.1, 0.15) is 37.3 Å². The fourth-order valence-corrected chi connectivity index (χ4v) is 1.90. The Hall–Kier alpha value is -1.64. The first-order valence-corrected chi connectivity index (χ1v) is 5.76. The van der Waals surface area contributed by atoms with E-state index in [4.69, 9.17) is 0 Å². The van der Waals surface area contributed by atoms with Crippen molar-refractivity contribution in [1.82, 2.24) is 9.55 Å². The Balaban J connectivity index is 2.62. The van der Waals surface area contributed by atoms with Gasteiger partial charge in [0.15, 0.2) is 11.6 Å². The van der Waals surface area contributed by atoms with Crippen LogP contribution in [0.2, 0.25) is 0 Å². The molecular weight excluding hydrogens is 200 g/mol. The SMILES string of the molecule is CCCn1c(C(=O)CC)nc2ccccc21. The number of benzene rings is 1. The number of rotatable bonds is 4. The smallest absolute Gasteiger partial charge is 0.198 e. The number of carbonyl (C=O) groups excluding carboxylic acids is 1. The van der Waals surface area contributed by atoms with Crippen molar-refractivity contribution in [2.24, 2.45) is 0 Å². The molecule has 1 heterocycles. The van der Waals surface area contributed by atoms with Crippen molar-refractivity contribution in [3.63, 3.8) is 0 Å². The van der Waals surface area contributed by atoms with Gasteiger partial charge in [0.2, 0.25) is 0 Å². The highest BCUT2D eigenvalue weighted by Crippen LogP contribution is 2.17. The molecule has 1 aromatic heterocycles. The topological polar surface area (TPSA) is 34.9 Å². The second-order valence-electron chi connectivity index (χ2n) is 3.85. The summed E-state index contributed by atoms with van der Waals surface area (Å²) in [6.45, 7) is 4.83. The molecule has 0 aliphatic rings. The highest BCUT2D eigenvalue weighted by atomic mass is 16.1. The van der Waals surface area contributed by atoms with Gasteiger partial charge in [-0.05, 0) is 18.6 Å². The molecule has 0 saturated heterocycles. The van der Waals surface area contributed by atoms with Crippen LogP contribution in [0.4, 0.5) is 0 Å². The maximum atomic E-state index is 11.8. The molecule has 0 unspecified atom stereocenters. The van der Waals surface area contributed by atoms with E-state index in [0.717, 1.165) is 24.0 Å². The molecule has 0 saturated carbocycles. The number of aromatic nitrogens is 2. The molecule has 0 radical (unpaired) electrons. The van der Waals surface area contributed by atoms with Crippen LogP contribution in [0, 0.1) is 0 Å². The quantitative estimate of drug-likeness (QED) is 0.736. The lowest BCUT2D eigenvalue weighted by Gasteiger charge is -2.05. The number of carbonyl (C=O) groups is 1. The van der Waals surface area contributed by atoms with Crippen molar-refractivity contribution in [1.29, 1.82) is 0 Å². The number of hydrogen-bond acceptors (Lipinski definition) is 2. The number of imidazole rings is 1. The van der Waals surface area contributed by atoms with Crippen LogP contribution in [-0.4, -0.2) is 15.3 Å². The number of aryl methyl sites for hydroxylation is 1. The minimum atomic E-state index is 0.115. The highest BCUT2D eigenvalue weighted by molar-refractivity contribution is 5.96. The van der Waals surface area contributed by atoms with E-state index in [1.54, 1.807) is 0 Å². The number of Topliss-reactive ketones (excluding diaryl/α,β-unsaturated/α-hetero) is 1. The number of fused-ring (bicyclic) bond motifs is 1. The van der Waals surface area contributed by atoms with Gasteiger partial charge in [0.1, 0.15) is 0 Å². The summed E-state index contributed by atoms with van der Waals surface area (Å²) in [7, 11) is 0. The van der Waals surface area contributed by atoms with E-state index >= 15 is 0 Å². The summed E-state index contributed by atoms with van der Waals surface area (Å²) in [4.78, 5) is 16.2. The monoisotopic (exact) mass is 216 g/mol. The van der Waals surface area contributed by atoms with E-state index in [2.05, 4.69) is 11.9 Å². The van der Waals surface area contributed by atoms with Gasteiger partial charge in [0.25, 0.3) is 0 Å². The zero-order valence-corrected chi connectivity index (χ0v) is 9.73. The van der Waals surface area contributed by atoms with Crippen LogP contribution in [0.25, 0.3) is 11.0 Å². The van der Waals surface area contributed by atoms with Crippen molar-refractivity contribution in [2.75, 3.05) is 0 Å². The summed E-state index contributed by atoms with van der Waals surface area (Å²) < 4.78 is 2.03. The zero-order chi connectivity index (χ0) is 11.5. The van der Waals surface area contributed by atoms with Gasteiger partial charge >= 0.3 is 0 Å². The van der Waals surface area contributed by atoms with Gasteiger partial charge in [-0.2, -0.15) is 0 Å². The summed E-state index contributed by atoms with van der Waals surface area (Å²) in [5.41, 5.74) is 1.97. The average molecular weight is 216 g/mol. The van der Waals surface area contributed by atoms with Crippen LogP contribution >= 0.6 is 0 Å². The van der Waals surface area contributed by atoms with Crippen molar-refractivity contribution < 1.29 is 4.79 Å². The Bertz CT molecular complexity index is 514. The molecule has 0 aliphatic heterocycles. The first kappa shape index (κ1) is 10.9. The Morgan fingerprint density at radius 1 is 1.31 bits per heavy atom. The maximum Gasteiger partial charge on any atom is 0.198 e. The summed E-state index contributed by atoms with van der Waals surface area (Å²) >= 11 is 0. The Labute approximate surface area is 95.1 Å². The minimum Gasteiger partial charge on any atom is -0.322 e. The molecule has 0 aliphatic carbocycles. The number of hydrogen-bond donors (Lipinski definition) is 0. The Kier molecular flexibility index (Phi) is 3.04. The first-order chi connectivity index (χ1) is 7.77. The molecule has 2 rings (SSSR count). The molecule has 0 atom stereocenters. The van der Waals surface area contributed by atoms with Gasteiger partial charge in [-0.3, -0.25) is 4.79 Å². The van der Waals surface area contributed by atoms with E-state index in [0.29, 0.717) is 12.2 Å². The lowest BCUT2D eigenvalue weighted by Crippen LogP contribution is -2.09.